The van der Waals surface area contributed by atoms with E-state index >= 15 is 0 Å². The lowest BCUT2D eigenvalue weighted by molar-refractivity contribution is 0.597. The second-order valence-corrected chi connectivity index (χ2v) is 9.34. The van der Waals surface area contributed by atoms with Crippen LogP contribution in [0.25, 0.3) is 22.4 Å². The van der Waals surface area contributed by atoms with Gasteiger partial charge in [0.25, 0.3) is 0 Å². The molecule has 3 aromatic carbocycles. The number of rotatable bonds is 6. The maximum atomic E-state index is 11.6. The standard InChI is InChI=1S/C24H22ClN3O2S/c1-17-23(19-7-11-21(25)12-8-19)24(20-9-13-22(14-10-20)31(26,29)30)27-28(17)16-15-18-5-3-2-4-6-18/h2-14H,15-16H2,1H3,(H2,26,29,30). The summed E-state index contributed by atoms with van der Waals surface area (Å²) in [5.41, 5.74) is 5.87. The molecule has 0 atom stereocenters. The summed E-state index contributed by atoms with van der Waals surface area (Å²) in [7, 11) is -3.75. The van der Waals surface area contributed by atoms with Gasteiger partial charge in [0.1, 0.15) is 5.69 Å². The minimum absolute atomic E-state index is 0.0736. The lowest BCUT2D eigenvalue weighted by Crippen LogP contribution is -2.11. The van der Waals surface area contributed by atoms with Gasteiger partial charge in [-0.25, -0.2) is 13.6 Å². The second kappa shape index (κ2) is 8.67. The van der Waals surface area contributed by atoms with Crippen molar-refractivity contribution in [1.82, 2.24) is 9.78 Å². The fraction of sp³-hybridized carbons (Fsp3) is 0.125. The molecule has 0 fully saturated rings. The number of hydrogen-bond acceptors (Lipinski definition) is 3. The number of nitrogens with two attached hydrogens (primary N) is 1. The van der Waals surface area contributed by atoms with Gasteiger partial charge in [-0.2, -0.15) is 5.10 Å². The summed E-state index contributed by atoms with van der Waals surface area (Å²) in [6.45, 7) is 2.77. The van der Waals surface area contributed by atoms with Crippen LogP contribution in [0.3, 0.4) is 0 Å². The number of aryl methyl sites for hydroxylation is 2. The molecule has 0 radical (unpaired) electrons. The van der Waals surface area contributed by atoms with E-state index in [1.807, 2.05) is 54.1 Å². The van der Waals surface area contributed by atoms with Gasteiger partial charge in [-0.15, -0.1) is 0 Å². The second-order valence-electron chi connectivity index (χ2n) is 7.34. The van der Waals surface area contributed by atoms with E-state index in [1.165, 1.54) is 17.7 Å². The summed E-state index contributed by atoms with van der Waals surface area (Å²) in [4.78, 5) is 0.0736. The molecule has 1 heterocycles. The topological polar surface area (TPSA) is 78.0 Å². The summed E-state index contributed by atoms with van der Waals surface area (Å²) in [5.74, 6) is 0. The van der Waals surface area contributed by atoms with Gasteiger partial charge in [-0.1, -0.05) is 66.2 Å². The van der Waals surface area contributed by atoms with Crippen molar-refractivity contribution in [3.8, 4) is 22.4 Å². The van der Waals surface area contributed by atoms with Crippen molar-refractivity contribution in [1.29, 1.82) is 0 Å². The van der Waals surface area contributed by atoms with Crippen LogP contribution in [0.2, 0.25) is 5.02 Å². The summed E-state index contributed by atoms with van der Waals surface area (Å²) in [6, 6.07) is 24.4. The summed E-state index contributed by atoms with van der Waals surface area (Å²) in [6.07, 6.45) is 0.854. The average Bonchev–Trinajstić information content (AvgIpc) is 3.09. The van der Waals surface area contributed by atoms with E-state index in [-0.39, 0.29) is 4.90 Å². The Morgan fingerprint density at radius 2 is 1.52 bits per heavy atom. The molecule has 1 aromatic heterocycles. The normalized spacial score (nSPS) is 11.6. The molecule has 4 rings (SSSR count). The van der Waals surface area contributed by atoms with E-state index in [9.17, 15) is 8.42 Å². The van der Waals surface area contributed by atoms with Gasteiger partial charge in [0.15, 0.2) is 0 Å². The van der Waals surface area contributed by atoms with Crippen LogP contribution < -0.4 is 5.14 Å². The van der Waals surface area contributed by atoms with Crippen LogP contribution >= 0.6 is 11.6 Å². The van der Waals surface area contributed by atoms with Crippen molar-refractivity contribution in [2.24, 2.45) is 5.14 Å². The first-order valence-electron chi connectivity index (χ1n) is 9.83. The van der Waals surface area contributed by atoms with Crippen molar-refractivity contribution < 1.29 is 8.42 Å². The van der Waals surface area contributed by atoms with Crippen LogP contribution in [-0.4, -0.2) is 18.2 Å². The molecule has 31 heavy (non-hydrogen) atoms. The Balaban J connectivity index is 1.77. The van der Waals surface area contributed by atoms with Gasteiger partial charge >= 0.3 is 0 Å². The quantitative estimate of drug-likeness (QED) is 0.444. The highest BCUT2D eigenvalue weighted by atomic mass is 35.5. The molecule has 2 N–H and O–H groups in total. The summed E-state index contributed by atoms with van der Waals surface area (Å²) >= 11 is 6.09. The Bertz CT molecular complexity index is 1300. The Morgan fingerprint density at radius 3 is 2.13 bits per heavy atom. The third-order valence-electron chi connectivity index (χ3n) is 5.25. The van der Waals surface area contributed by atoms with Crippen LogP contribution in [0.4, 0.5) is 0 Å². The lowest BCUT2D eigenvalue weighted by Gasteiger charge is -2.07. The van der Waals surface area contributed by atoms with E-state index in [2.05, 4.69) is 12.1 Å². The Kier molecular flexibility index (Phi) is 5.96. The molecule has 4 aromatic rings. The number of halogens is 1. The zero-order valence-electron chi connectivity index (χ0n) is 17.0. The van der Waals surface area contributed by atoms with Gasteiger partial charge in [-0.3, -0.25) is 4.68 Å². The van der Waals surface area contributed by atoms with Crippen LogP contribution in [0, 0.1) is 6.92 Å². The summed E-state index contributed by atoms with van der Waals surface area (Å²) in [5, 5.41) is 10.8. The molecule has 5 nitrogen and oxygen atoms in total. The van der Waals surface area contributed by atoms with Crippen molar-refractivity contribution in [3.05, 3.63) is 95.1 Å². The van der Waals surface area contributed by atoms with Gasteiger partial charge in [0, 0.05) is 28.4 Å². The number of aromatic nitrogens is 2. The minimum atomic E-state index is -3.75. The largest absolute Gasteiger partial charge is 0.268 e. The third-order valence-corrected chi connectivity index (χ3v) is 6.43. The van der Waals surface area contributed by atoms with Crippen molar-refractivity contribution in [2.45, 2.75) is 24.8 Å². The molecule has 0 amide bonds. The van der Waals surface area contributed by atoms with Crippen LogP contribution in [0.1, 0.15) is 11.3 Å². The molecular formula is C24H22ClN3O2S. The lowest BCUT2D eigenvalue weighted by atomic mass is 9.99. The molecule has 0 bridgehead atoms. The predicted molar refractivity (Wildman–Crippen MR) is 124 cm³/mol. The molecular weight excluding hydrogens is 430 g/mol. The first-order valence-corrected chi connectivity index (χ1v) is 11.8. The molecule has 0 spiro atoms. The zero-order chi connectivity index (χ0) is 22.0. The molecule has 0 aliphatic heterocycles. The number of hydrogen-bond donors (Lipinski definition) is 1. The Hall–Kier alpha value is -2.93. The third kappa shape index (κ3) is 4.71. The zero-order valence-corrected chi connectivity index (χ0v) is 18.6. The maximum absolute atomic E-state index is 11.6. The van der Waals surface area contributed by atoms with E-state index < -0.39 is 10.0 Å². The molecule has 0 unspecified atom stereocenters. The molecule has 158 valence electrons. The fourth-order valence-electron chi connectivity index (χ4n) is 3.61. The monoisotopic (exact) mass is 451 g/mol. The van der Waals surface area contributed by atoms with E-state index in [4.69, 9.17) is 21.8 Å². The Morgan fingerprint density at radius 1 is 0.903 bits per heavy atom. The fourth-order valence-corrected chi connectivity index (χ4v) is 4.25. The van der Waals surface area contributed by atoms with E-state index in [1.54, 1.807) is 12.1 Å². The average molecular weight is 452 g/mol. The smallest absolute Gasteiger partial charge is 0.238 e. The van der Waals surface area contributed by atoms with Gasteiger partial charge < -0.3 is 0 Å². The number of nitrogens with zero attached hydrogens (tertiary/aromatic N) is 2. The van der Waals surface area contributed by atoms with Gasteiger partial charge in [0.2, 0.25) is 10.0 Å². The summed E-state index contributed by atoms with van der Waals surface area (Å²) < 4.78 is 25.2. The van der Waals surface area contributed by atoms with Crippen LogP contribution in [-0.2, 0) is 23.0 Å². The highest BCUT2D eigenvalue weighted by Gasteiger charge is 2.19. The van der Waals surface area contributed by atoms with Crippen LogP contribution in [0.15, 0.2) is 83.8 Å². The van der Waals surface area contributed by atoms with Crippen molar-refractivity contribution in [2.75, 3.05) is 0 Å². The molecule has 0 aliphatic carbocycles. The number of benzene rings is 3. The maximum Gasteiger partial charge on any atom is 0.238 e. The highest BCUT2D eigenvalue weighted by Crippen LogP contribution is 2.35. The Labute approximate surface area is 187 Å². The number of sulfonamides is 1. The molecule has 0 saturated carbocycles. The van der Waals surface area contributed by atoms with E-state index in [0.29, 0.717) is 5.02 Å². The van der Waals surface area contributed by atoms with Crippen LogP contribution in [0.5, 0.6) is 0 Å². The first kappa shape index (κ1) is 21.3. The first-order chi connectivity index (χ1) is 14.8. The van der Waals surface area contributed by atoms with Crippen molar-refractivity contribution in [3.63, 3.8) is 0 Å². The number of primary sulfonamides is 1. The molecule has 0 saturated heterocycles. The SMILES string of the molecule is Cc1c(-c2ccc(Cl)cc2)c(-c2ccc(S(N)(=O)=O)cc2)nn1CCc1ccccc1. The van der Waals surface area contributed by atoms with Gasteiger partial charge in [0.05, 0.1) is 4.90 Å². The van der Waals surface area contributed by atoms with Gasteiger partial charge in [-0.05, 0) is 48.7 Å². The minimum Gasteiger partial charge on any atom is -0.268 e. The van der Waals surface area contributed by atoms with Crippen molar-refractivity contribution >= 4 is 21.6 Å². The molecule has 0 aliphatic rings. The highest BCUT2D eigenvalue weighted by molar-refractivity contribution is 7.89. The van der Waals surface area contributed by atoms with E-state index in [0.717, 1.165) is 41.0 Å². The molecule has 7 heteroatoms. The predicted octanol–water partition coefficient (Wildman–Crippen LogP) is 5.07.